The van der Waals surface area contributed by atoms with Crippen LogP contribution in [0.2, 0.25) is 0 Å². The number of esters is 1. The number of amides is 2. The molecule has 0 unspecified atom stereocenters. The predicted octanol–water partition coefficient (Wildman–Crippen LogP) is 5.30. The van der Waals surface area contributed by atoms with Crippen molar-refractivity contribution in [2.75, 3.05) is 13.1 Å². The molecule has 0 heterocycles. The lowest BCUT2D eigenvalue weighted by Crippen LogP contribution is -2.28. The van der Waals surface area contributed by atoms with E-state index in [0.717, 1.165) is 50.0 Å². The Hall–Kier alpha value is -2.37. The van der Waals surface area contributed by atoms with Gasteiger partial charge in [-0.3, -0.25) is 14.4 Å². The first-order valence-corrected chi connectivity index (χ1v) is 12.7. The lowest BCUT2D eigenvalue weighted by molar-refractivity contribution is -0.145. The van der Waals surface area contributed by atoms with Crippen molar-refractivity contribution >= 4 is 17.8 Å². The fourth-order valence-electron chi connectivity index (χ4n) is 3.45. The number of ether oxygens (including phenoxy) is 1. The van der Waals surface area contributed by atoms with Gasteiger partial charge in [-0.1, -0.05) is 82.7 Å². The smallest absolute Gasteiger partial charge is 0.306 e. The van der Waals surface area contributed by atoms with Gasteiger partial charge in [-0.05, 0) is 30.7 Å². The number of carbonyl (C=O) groups excluding carboxylic acids is 3. The Kier molecular flexibility index (Phi) is 16.6. The summed E-state index contributed by atoms with van der Waals surface area (Å²) in [4.78, 5) is 35.4. The van der Waals surface area contributed by atoms with Gasteiger partial charge in [0, 0.05) is 32.4 Å². The molecule has 6 nitrogen and oxygen atoms in total. The minimum absolute atomic E-state index is 0.0496. The van der Waals surface area contributed by atoms with Gasteiger partial charge in [0.1, 0.15) is 6.61 Å². The van der Waals surface area contributed by atoms with E-state index in [2.05, 4.69) is 24.5 Å². The normalized spacial score (nSPS) is 10.8. The first kappa shape index (κ1) is 28.7. The Bertz CT molecular complexity index is 661. The van der Waals surface area contributed by atoms with Crippen LogP contribution in [0.1, 0.15) is 96.5 Å². The highest BCUT2D eigenvalue weighted by molar-refractivity contribution is 5.83. The molecule has 0 aliphatic rings. The van der Waals surface area contributed by atoms with E-state index in [0.29, 0.717) is 26.1 Å². The maximum atomic E-state index is 11.9. The minimum atomic E-state index is -0.170. The second-order valence-corrected chi connectivity index (χ2v) is 9.11. The number of carbonyl (C=O) groups is 3. The highest BCUT2D eigenvalue weighted by Gasteiger charge is 2.07. The number of hydrogen-bond acceptors (Lipinski definition) is 4. The van der Waals surface area contributed by atoms with Crippen LogP contribution in [-0.4, -0.2) is 30.9 Å². The van der Waals surface area contributed by atoms with Gasteiger partial charge in [-0.15, -0.1) is 0 Å². The molecule has 2 amide bonds. The fraction of sp³-hybridized carbons (Fsp3) is 0.667. The van der Waals surface area contributed by atoms with Crippen LogP contribution in [0.5, 0.6) is 0 Å². The quantitative estimate of drug-likeness (QED) is 0.217. The molecule has 33 heavy (non-hydrogen) atoms. The van der Waals surface area contributed by atoms with Crippen LogP contribution in [-0.2, 0) is 25.7 Å². The Morgan fingerprint density at radius 2 is 1.27 bits per heavy atom. The zero-order valence-corrected chi connectivity index (χ0v) is 20.7. The van der Waals surface area contributed by atoms with E-state index in [1.165, 1.54) is 19.3 Å². The van der Waals surface area contributed by atoms with Gasteiger partial charge in [-0.25, -0.2) is 0 Å². The first-order chi connectivity index (χ1) is 16.0. The van der Waals surface area contributed by atoms with Gasteiger partial charge < -0.3 is 15.4 Å². The van der Waals surface area contributed by atoms with Gasteiger partial charge in [0.15, 0.2) is 0 Å². The molecule has 6 heteroatoms. The van der Waals surface area contributed by atoms with Crippen LogP contribution in [0.4, 0.5) is 0 Å². The Morgan fingerprint density at radius 3 is 1.85 bits per heavy atom. The lowest BCUT2D eigenvalue weighted by Gasteiger charge is -2.07. The highest BCUT2D eigenvalue weighted by atomic mass is 16.5. The number of rotatable bonds is 19. The number of unbranched alkanes of at least 4 members (excludes halogenated alkanes) is 6. The molecule has 0 radical (unpaired) electrons. The van der Waals surface area contributed by atoms with Crippen LogP contribution >= 0.6 is 0 Å². The molecule has 1 aromatic carbocycles. The maximum Gasteiger partial charge on any atom is 0.306 e. The van der Waals surface area contributed by atoms with Crippen LogP contribution < -0.4 is 10.6 Å². The Balaban J connectivity index is 1.88. The van der Waals surface area contributed by atoms with Crippen LogP contribution in [0.25, 0.3) is 0 Å². The molecule has 0 saturated heterocycles. The molecule has 1 rings (SSSR count). The van der Waals surface area contributed by atoms with E-state index in [9.17, 15) is 14.4 Å². The van der Waals surface area contributed by atoms with Crippen LogP contribution in [0, 0.1) is 5.92 Å². The molecule has 0 aliphatic carbocycles. The second-order valence-electron chi connectivity index (χ2n) is 9.11. The third-order valence-electron chi connectivity index (χ3n) is 5.48. The summed E-state index contributed by atoms with van der Waals surface area (Å²) in [6, 6.07) is 9.65. The van der Waals surface area contributed by atoms with Gasteiger partial charge in [0.25, 0.3) is 0 Å². The van der Waals surface area contributed by atoms with Gasteiger partial charge in [0.2, 0.25) is 11.8 Å². The molecule has 0 saturated carbocycles. The number of hydrogen-bond donors (Lipinski definition) is 2. The summed E-state index contributed by atoms with van der Waals surface area (Å²) in [6.45, 7) is 6.11. The van der Waals surface area contributed by atoms with Crippen molar-refractivity contribution in [1.82, 2.24) is 10.6 Å². The molecule has 0 spiro atoms. The third kappa shape index (κ3) is 17.8. The van der Waals surface area contributed by atoms with Gasteiger partial charge in [-0.2, -0.15) is 0 Å². The van der Waals surface area contributed by atoms with E-state index in [1.54, 1.807) is 0 Å². The standard InChI is InChI=1S/C27H44N2O4/c1-23(2)14-8-3-5-12-20-28-25(30)18-19-26(31)29-21-13-6-4-11-17-27(32)33-22-24-15-9-7-10-16-24/h7,9-10,15-16,23H,3-6,8,11-14,17-22H2,1-2H3,(H,28,30)(H,29,31). The van der Waals surface area contributed by atoms with Crippen LogP contribution in [0.3, 0.4) is 0 Å². The van der Waals surface area contributed by atoms with Crippen molar-refractivity contribution in [2.45, 2.75) is 97.5 Å². The first-order valence-electron chi connectivity index (χ1n) is 12.7. The summed E-state index contributed by atoms with van der Waals surface area (Å²) in [5, 5.41) is 5.76. The summed E-state index contributed by atoms with van der Waals surface area (Å²) < 4.78 is 5.26. The van der Waals surface area contributed by atoms with E-state index in [4.69, 9.17) is 4.74 Å². The fourth-order valence-corrected chi connectivity index (χ4v) is 3.45. The largest absolute Gasteiger partial charge is 0.461 e. The zero-order valence-electron chi connectivity index (χ0n) is 20.7. The average Bonchev–Trinajstić information content (AvgIpc) is 2.80. The van der Waals surface area contributed by atoms with Crippen molar-refractivity contribution in [1.29, 1.82) is 0 Å². The SMILES string of the molecule is CC(C)CCCCCCNC(=O)CCC(=O)NCCCCCCC(=O)OCc1ccccc1. The van der Waals surface area contributed by atoms with Gasteiger partial charge in [0.05, 0.1) is 0 Å². The molecule has 0 aromatic heterocycles. The molecule has 0 aliphatic heterocycles. The van der Waals surface area contributed by atoms with Crippen molar-refractivity contribution in [3.8, 4) is 0 Å². The Labute approximate surface area is 200 Å². The van der Waals surface area contributed by atoms with Crippen molar-refractivity contribution in [2.24, 2.45) is 5.92 Å². The molecule has 186 valence electrons. The molecule has 0 atom stereocenters. The lowest BCUT2D eigenvalue weighted by atomic mass is 10.0. The second kappa shape index (κ2) is 19.1. The average molecular weight is 461 g/mol. The molecule has 1 aromatic rings. The summed E-state index contributed by atoms with van der Waals surface area (Å²) >= 11 is 0. The van der Waals surface area contributed by atoms with E-state index in [1.807, 2.05) is 30.3 Å². The maximum absolute atomic E-state index is 11.9. The van der Waals surface area contributed by atoms with Crippen molar-refractivity contribution < 1.29 is 19.1 Å². The molecular weight excluding hydrogens is 416 g/mol. The summed E-state index contributed by atoms with van der Waals surface area (Å²) in [7, 11) is 0. The summed E-state index contributed by atoms with van der Waals surface area (Å²) in [5.41, 5.74) is 0.992. The predicted molar refractivity (Wildman–Crippen MR) is 132 cm³/mol. The summed E-state index contributed by atoms with van der Waals surface area (Å²) in [5.74, 6) is 0.461. The Morgan fingerprint density at radius 1 is 0.727 bits per heavy atom. The van der Waals surface area contributed by atoms with E-state index in [-0.39, 0.29) is 30.6 Å². The van der Waals surface area contributed by atoms with Gasteiger partial charge >= 0.3 is 5.97 Å². The molecule has 0 bridgehead atoms. The molecule has 2 N–H and O–H groups in total. The number of nitrogens with one attached hydrogen (secondary N) is 2. The molecular formula is C27H44N2O4. The minimum Gasteiger partial charge on any atom is -0.461 e. The zero-order chi connectivity index (χ0) is 24.2. The third-order valence-corrected chi connectivity index (χ3v) is 5.48. The summed E-state index contributed by atoms with van der Waals surface area (Å²) in [6.07, 6.45) is 10.3. The topological polar surface area (TPSA) is 84.5 Å². The highest BCUT2D eigenvalue weighted by Crippen LogP contribution is 2.09. The molecule has 0 fully saturated rings. The van der Waals surface area contributed by atoms with Crippen molar-refractivity contribution in [3.05, 3.63) is 35.9 Å². The number of benzene rings is 1. The van der Waals surface area contributed by atoms with E-state index < -0.39 is 0 Å². The monoisotopic (exact) mass is 460 g/mol. The van der Waals surface area contributed by atoms with Crippen LogP contribution in [0.15, 0.2) is 30.3 Å². The van der Waals surface area contributed by atoms with E-state index >= 15 is 0 Å². The van der Waals surface area contributed by atoms with Crippen molar-refractivity contribution in [3.63, 3.8) is 0 Å².